The number of nitrogens with zero attached hydrogens (tertiary/aromatic N) is 3. The van der Waals surface area contributed by atoms with Gasteiger partial charge in [0.15, 0.2) is 0 Å². The molecule has 0 saturated carbocycles. The molecular formula is C9H17N5O. The second kappa shape index (κ2) is 3.88. The van der Waals surface area contributed by atoms with E-state index in [1.807, 2.05) is 7.05 Å². The Bertz CT molecular complexity index is 331. The van der Waals surface area contributed by atoms with Crippen LogP contribution in [-0.4, -0.2) is 27.2 Å². The third-order valence-corrected chi connectivity index (χ3v) is 3.07. The zero-order valence-electron chi connectivity index (χ0n) is 9.10. The number of nitrogens with one attached hydrogen (secondary N) is 1. The first-order chi connectivity index (χ1) is 7.17. The normalized spacial score (nSPS) is 28.2. The van der Waals surface area contributed by atoms with E-state index in [4.69, 9.17) is 10.6 Å². The summed E-state index contributed by atoms with van der Waals surface area (Å²) in [6, 6.07) is -0.0694. The summed E-state index contributed by atoms with van der Waals surface area (Å²) in [6.07, 6.45) is 3.78. The molecule has 0 bridgehead atoms. The molecule has 84 valence electrons. The fraction of sp³-hybridized carbons (Fsp3) is 0.778. The maximum absolute atomic E-state index is 5.76. The van der Waals surface area contributed by atoms with Gasteiger partial charge in [0.05, 0.1) is 23.5 Å². The molecule has 0 radical (unpaired) electrons. The van der Waals surface area contributed by atoms with E-state index in [-0.39, 0.29) is 11.6 Å². The lowest BCUT2D eigenvalue weighted by Gasteiger charge is -2.32. The van der Waals surface area contributed by atoms with Gasteiger partial charge in [0.1, 0.15) is 0 Å². The molecule has 2 heterocycles. The highest BCUT2D eigenvalue weighted by molar-refractivity contribution is 5.09. The second-order valence-electron chi connectivity index (χ2n) is 4.15. The molecule has 6 nitrogen and oxygen atoms in total. The Labute approximate surface area is 88.7 Å². The summed E-state index contributed by atoms with van der Waals surface area (Å²) in [5.74, 6) is 5.60. The van der Waals surface area contributed by atoms with Gasteiger partial charge in [0.2, 0.25) is 0 Å². The Morgan fingerprint density at radius 3 is 3.00 bits per heavy atom. The van der Waals surface area contributed by atoms with Crippen LogP contribution in [0.4, 0.5) is 0 Å². The smallest absolute Gasteiger partial charge is 0.0931 e. The van der Waals surface area contributed by atoms with Crippen LogP contribution in [0.25, 0.3) is 0 Å². The predicted molar refractivity (Wildman–Crippen MR) is 54.7 cm³/mol. The summed E-state index contributed by atoms with van der Waals surface area (Å²) in [6.45, 7) is 2.86. The van der Waals surface area contributed by atoms with E-state index >= 15 is 0 Å². The van der Waals surface area contributed by atoms with Gasteiger partial charge in [-0.2, -0.15) is 0 Å². The zero-order valence-corrected chi connectivity index (χ0v) is 9.10. The van der Waals surface area contributed by atoms with Crippen molar-refractivity contribution in [2.45, 2.75) is 31.4 Å². The SMILES string of the molecule is Cn1nncc1C(NN)C1(C)CCCO1. The van der Waals surface area contributed by atoms with Crippen molar-refractivity contribution in [1.82, 2.24) is 20.4 Å². The largest absolute Gasteiger partial charge is 0.373 e. The summed E-state index contributed by atoms with van der Waals surface area (Å²) in [4.78, 5) is 0. The molecule has 0 spiro atoms. The van der Waals surface area contributed by atoms with Crippen LogP contribution >= 0.6 is 0 Å². The predicted octanol–water partition coefficient (Wildman–Crippen LogP) is -0.111. The van der Waals surface area contributed by atoms with E-state index in [1.165, 1.54) is 0 Å². The minimum absolute atomic E-state index is 0.0694. The van der Waals surface area contributed by atoms with Gasteiger partial charge in [-0.15, -0.1) is 5.10 Å². The maximum Gasteiger partial charge on any atom is 0.0931 e. The Morgan fingerprint density at radius 2 is 2.53 bits per heavy atom. The number of hydrazine groups is 1. The fourth-order valence-electron chi connectivity index (χ4n) is 2.16. The molecule has 3 N–H and O–H groups in total. The molecule has 0 amide bonds. The number of rotatable bonds is 3. The third-order valence-electron chi connectivity index (χ3n) is 3.07. The van der Waals surface area contributed by atoms with Crippen molar-refractivity contribution in [2.75, 3.05) is 6.61 Å². The fourth-order valence-corrected chi connectivity index (χ4v) is 2.16. The number of nitrogens with two attached hydrogens (primary N) is 1. The lowest BCUT2D eigenvalue weighted by molar-refractivity contribution is -0.0146. The molecule has 1 saturated heterocycles. The van der Waals surface area contributed by atoms with Crippen LogP contribution in [0.1, 0.15) is 31.5 Å². The first kappa shape index (κ1) is 10.5. The van der Waals surface area contributed by atoms with Gasteiger partial charge in [-0.05, 0) is 19.8 Å². The Hall–Kier alpha value is -0.980. The number of hydrogen-bond donors (Lipinski definition) is 2. The molecule has 2 atom stereocenters. The summed E-state index contributed by atoms with van der Waals surface area (Å²) >= 11 is 0. The van der Waals surface area contributed by atoms with Crippen molar-refractivity contribution in [3.63, 3.8) is 0 Å². The zero-order chi connectivity index (χ0) is 10.9. The van der Waals surface area contributed by atoms with Crippen molar-refractivity contribution in [2.24, 2.45) is 12.9 Å². The van der Waals surface area contributed by atoms with Gasteiger partial charge in [0.25, 0.3) is 0 Å². The average molecular weight is 211 g/mol. The minimum Gasteiger partial charge on any atom is -0.373 e. The first-order valence-electron chi connectivity index (χ1n) is 5.12. The quantitative estimate of drug-likeness (QED) is 0.538. The third kappa shape index (κ3) is 1.75. The molecule has 1 aliphatic heterocycles. The maximum atomic E-state index is 5.76. The minimum atomic E-state index is -0.260. The van der Waals surface area contributed by atoms with E-state index in [1.54, 1.807) is 10.9 Å². The molecule has 6 heteroatoms. The molecule has 2 unspecified atom stereocenters. The van der Waals surface area contributed by atoms with Gasteiger partial charge in [-0.3, -0.25) is 10.5 Å². The molecule has 1 aliphatic rings. The highest BCUT2D eigenvalue weighted by atomic mass is 16.5. The summed E-state index contributed by atoms with van der Waals surface area (Å²) < 4.78 is 7.48. The van der Waals surface area contributed by atoms with Gasteiger partial charge in [0, 0.05) is 13.7 Å². The number of hydrogen-bond acceptors (Lipinski definition) is 5. The molecule has 15 heavy (non-hydrogen) atoms. The molecule has 0 aromatic carbocycles. The Balaban J connectivity index is 2.27. The standard InChI is InChI=1S/C9H17N5O/c1-9(4-3-5-15-9)8(12-10)7-6-11-13-14(7)2/h6,8,12H,3-5,10H2,1-2H3. The molecule has 1 aromatic heterocycles. The van der Waals surface area contributed by atoms with Crippen molar-refractivity contribution in [3.05, 3.63) is 11.9 Å². The number of aromatic nitrogens is 3. The van der Waals surface area contributed by atoms with Crippen LogP contribution < -0.4 is 11.3 Å². The summed E-state index contributed by atoms with van der Waals surface area (Å²) in [5.41, 5.74) is 3.49. The van der Waals surface area contributed by atoms with Crippen LogP contribution in [0, 0.1) is 0 Å². The van der Waals surface area contributed by atoms with Crippen LogP contribution in [0.2, 0.25) is 0 Å². The lowest BCUT2D eigenvalue weighted by atomic mass is 9.91. The Kier molecular flexibility index (Phi) is 2.72. The monoisotopic (exact) mass is 211 g/mol. The van der Waals surface area contributed by atoms with Gasteiger partial charge < -0.3 is 4.74 Å². The Morgan fingerprint density at radius 1 is 1.73 bits per heavy atom. The number of ether oxygens (including phenoxy) is 1. The summed E-state index contributed by atoms with van der Waals surface area (Å²) in [7, 11) is 1.85. The number of aryl methyl sites for hydroxylation is 1. The molecule has 1 fully saturated rings. The van der Waals surface area contributed by atoms with E-state index in [9.17, 15) is 0 Å². The highest BCUT2D eigenvalue weighted by Crippen LogP contribution is 2.36. The molecular weight excluding hydrogens is 194 g/mol. The summed E-state index contributed by atoms with van der Waals surface area (Å²) in [5, 5.41) is 7.76. The van der Waals surface area contributed by atoms with E-state index < -0.39 is 0 Å². The van der Waals surface area contributed by atoms with E-state index in [0.717, 1.165) is 25.1 Å². The highest BCUT2D eigenvalue weighted by Gasteiger charge is 2.40. The topological polar surface area (TPSA) is 78.0 Å². The van der Waals surface area contributed by atoms with Crippen molar-refractivity contribution in [1.29, 1.82) is 0 Å². The van der Waals surface area contributed by atoms with Gasteiger partial charge in [-0.25, -0.2) is 5.43 Å². The van der Waals surface area contributed by atoms with Crippen molar-refractivity contribution >= 4 is 0 Å². The van der Waals surface area contributed by atoms with E-state index in [2.05, 4.69) is 22.7 Å². The van der Waals surface area contributed by atoms with Gasteiger partial charge in [-0.1, -0.05) is 5.21 Å². The van der Waals surface area contributed by atoms with Crippen molar-refractivity contribution in [3.8, 4) is 0 Å². The average Bonchev–Trinajstić information content (AvgIpc) is 2.79. The first-order valence-corrected chi connectivity index (χ1v) is 5.12. The molecule has 0 aliphatic carbocycles. The van der Waals surface area contributed by atoms with Crippen molar-refractivity contribution < 1.29 is 4.74 Å². The van der Waals surface area contributed by atoms with Crippen LogP contribution in [-0.2, 0) is 11.8 Å². The molecule has 2 rings (SSSR count). The van der Waals surface area contributed by atoms with Crippen LogP contribution in [0.15, 0.2) is 6.20 Å². The van der Waals surface area contributed by atoms with E-state index in [0.29, 0.717) is 0 Å². The van der Waals surface area contributed by atoms with Crippen LogP contribution in [0.5, 0.6) is 0 Å². The lowest BCUT2D eigenvalue weighted by Crippen LogP contribution is -2.45. The van der Waals surface area contributed by atoms with Gasteiger partial charge >= 0.3 is 0 Å². The second-order valence-corrected chi connectivity index (χ2v) is 4.15. The molecule has 1 aromatic rings. The van der Waals surface area contributed by atoms with Crippen LogP contribution in [0.3, 0.4) is 0 Å².